The molecule has 0 saturated heterocycles. The summed E-state index contributed by atoms with van der Waals surface area (Å²) in [5, 5.41) is 19.1. The summed E-state index contributed by atoms with van der Waals surface area (Å²) in [4.78, 5) is 28.0. The Morgan fingerprint density at radius 3 is 2.48 bits per heavy atom. The maximum atomic E-state index is 12.0. The van der Waals surface area contributed by atoms with Gasteiger partial charge in [0.1, 0.15) is 6.54 Å². The van der Waals surface area contributed by atoms with Crippen LogP contribution in [0.15, 0.2) is 12.7 Å². The number of hydrogen-bond acceptors (Lipinski definition) is 5. The second-order valence-corrected chi connectivity index (χ2v) is 4.23. The molecule has 1 heterocycles. The van der Waals surface area contributed by atoms with E-state index < -0.39 is 18.5 Å². The largest absolute Gasteiger partial charge is 0.480 e. The lowest BCUT2D eigenvalue weighted by molar-refractivity contribution is -0.137. The Morgan fingerprint density at radius 1 is 1.29 bits per heavy atom. The summed E-state index contributed by atoms with van der Waals surface area (Å²) in [6, 6.07) is -0.606. The standard InChI is InChI=1S/C13H19N5O3/c1-4-7-18(8-11(19)20)13(21)15-12-14-9(5-2)10(6-3)16-17-12/h4H,1,5-8H2,2-3H3,(H,19,20)(H,14,15,17,21). The molecule has 0 aromatic carbocycles. The number of hydrogen-bond donors (Lipinski definition) is 2. The first-order valence-corrected chi connectivity index (χ1v) is 6.62. The molecule has 0 aliphatic rings. The summed E-state index contributed by atoms with van der Waals surface area (Å²) in [6.45, 7) is 7.05. The number of anilines is 1. The fourth-order valence-electron chi connectivity index (χ4n) is 1.70. The van der Waals surface area contributed by atoms with Crippen molar-refractivity contribution in [3.05, 3.63) is 24.0 Å². The van der Waals surface area contributed by atoms with Gasteiger partial charge in [-0.2, -0.15) is 0 Å². The SMILES string of the molecule is C=CCN(CC(=O)O)C(=O)Nc1nnc(CC)c(CC)n1. The number of aromatic nitrogens is 3. The third-order valence-corrected chi connectivity index (χ3v) is 2.69. The monoisotopic (exact) mass is 293 g/mol. The van der Waals surface area contributed by atoms with Crippen molar-refractivity contribution in [3.8, 4) is 0 Å². The molecule has 8 nitrogen and oxygen atoms in total. The molecular formula is C13H19N5O3. The molecule has 0 atom stereocenters. The van der Waals surface area contributed by atoms with Crippen molar-refractivity contribution in [2.24, 2.45) is 0 Å². The molecular weight excluding hydrogens is 274 g/mol. The summed E-state index contributed by atoms with van der Waals surface area (Å²) in [6.07, 6.45) is 2.82. The molecule has 0 aliphatic heterocycles. The van der Waals surface area contributed by atoms with Gasteiger partial charge in [-0.15, -0.1) is 16.8 Å². The van der Waals surface area contributed by atoms with Crippen molar-refractivity contribution in [2.45, 2.75) is 26.7 Å². The lowest BCUT2D eigenvalue weighted by Gasteiger charge is -2.18. The lowest BCUT2D eigenvalue weighted by Crippen LogP contribution is -2.39. The van der Waals surface area contributed by atoms with Gasteiger partial charge in [0.05, 0.1) is 11.4 Å². The number of rotatable bonds is 7. The van der Waals surface area contributed by atoms with Gasteiger partial charge in [0, 0.05) is 6.54 Å². The van der Waals surface area contributed by atoms with Crippen LogP contribution in [0.5, 0.6) is 0 Å². The van der Waals surface area contributed by atoms with Gasteiger partial charge in [-0.05, 0) is 12.8 Å². The van der Waals surface area contributed by atoms with E-state index in [0.717, 1.165) is 16.3 Å². The first-order chi connectivity index (χ1) is 10.0. The Labute approximate surface area is 122 Å². The number of aliphatic carboxylic acids is 1. The van der Waals surface area contributed by atoms with Gasteiger partial charge in [-0.1, -0.05) is 19.9 Å². The second-order valence-electron chi connectivity index (χ2n) is 4.23. The smallest absolute Gasteiger partial charge is 0.325 e. The van der Waals surface area contributed by atoms with Crippen LogP contribution < -0.4 is 5.32 Å². The van der Waals surface area contributed by atoms with Gasteiger partial charge < -0.3 is 10.0 Å². The molecule has 0 bridgehead atoms. The number of carboxylic acid groups (broad SMARTS) is 1. The van der Waals surface area contributed by atoms with Crippen LogP contribution in [0.3, 0.4) is 0 Å². The summed E-state index contributed by atoms with van der Waals surface area (Å²) in [7, 11) is 0. The highest BCUT2D eigenvalue weighted by atomic mass is 16.4. The summed E-state index contributed by atoms with van der Waals surface area (Å²) < 4.78 is 0. The number of carbonyl (C=O) groups excluding carboxylic acids is 1. The molecule has 8 heteroatoms. The van der Waals surface area contributed by atoms with Gasteiger partial charge in [-0.3, -0.25) is 10.1 Å². The zero-order valence-electron chi connectivity index (χ0n) is 12.2. The first-order valence-electron chi connectivity index (χ1n) is 6.62. The first kappa shape index (κ1) is 16.5. The highest BCUT2D eigenvalue weighted by molar-refractivity contribution is 5.89. The second kappa shape index (κ2) is 7.93. The maximum absolute atomic E-state index is 12.0. The van der Waals surface area contributed by atoms with E-state index in [2.05, 4.69) is 27.1 Å². The van der Waals surface area contributed by atoms with E-state index in [-0.39, 0.29) is 12.5 Å². The predicted molar refractivity (Wildman–Crippen MR) is 77.0 cm³/mol. The number of carbonyl (C=O) groups is 2. The Balaban J connectivity index is 2.85. The average molecular weight is 293 g/mol. The van der Waals surface area contributed by atoms with Crippen molar-refractivity contribution in [1.29, 1.82) is 0 Å². The third-order valence-electron chi connectivity index (χ3n) is 2.69. The zero-order chi connectivity index (χ0) is 15.8. The van der Waals surface area contributed by atoms with Crippen LogP contribution in [0.2, 0.25) is 0 Å². The molecule has 1 aromatic rings. The topological polar surface area (TPSA) is 108 Å². The van der Waals surface area contributed by atoms with Gasteiger partial charge in [0.2, 0.25) is 0 Å². The van der Waals surface area contributed by atoms with E-state index in [9.17, 15) is 9.59 Å². The fraction of sp³-hybridized carbons (Fsp3) is 0.462. The molecule has 0 unspecified atom stereocenters. The van der Waals surface area contributed by atoms with Gasteiger partial charge in [0.25, 0.3) is 5.95 Å². The van der Waals surface area contributed by atoms with Crippen molar-refractivity contribution in [1.82, 2.24) is 20.1 Å². The van der Waals surface area contributed by atoms with E-state index in [1.807, 2.05) is 13.8 Å². The van der Waals surface area contributed by atoms with Crippen molar-refractivity contribution >= 4 is 17.9 Å². The van der Waals surface area contributed by atoms with Gasteiger partial charge in [0.15, 0.2) is 0 Å². The Morgan fingerprint density at radius 2 is 1.95 bits per heavy atom. The highest BCUT2D eigenvalue weighted by Crippen LogP contribution is 2.07. The van der Waals surface area contributed by atoms with E-state index in [0.29, 0.717) is 12.8 Å². The zero-order valence-corrected chi connectivity index (χ0v) is 12.2. The van der Waals surface area contributed by atoms with Crippen LogP contribution in [0.25, 0.3) is 0 Å². The molecule has 0 saturated carbocycles. The third kappa shape index (κ3) is 4.83. The van der Waals surface area contributed by atoms with Crippen molar-refractivity contribution in [2.75, 3.05) is 18.4 Å². The number of urea groups is 1. The quantitative estimate of drug-likeness (QED) is 0.729. The molecule has 2 amide bonds. The average Bonchev–Trinajstić information content (AvgIpc) is 2.46. The maximum Gasteiger partial charge on any atom is 0.325 e. The summed E-state index contributed by atoms with van der Waals surface area (Å²) in [5.41, 5.74) is 1.54. The van der Waals surface area contributed by atoms with Crippen LogP contribution in [-0.2, 0) is 17.6 Å². The molecule has 0 radical (unpaired) electrons. The van der Waals surface area contributed by atoms with Crippen molar-refractivity contribution < 1.29 is 14.7 Å². The minimum absolute atomic E-state index is 0.0634. The number of nitrogens with one attached hydrogen (secondary N) is 1. The Kier molecular flexibility index (Phi) is 6.25. The molecule has 2 N–H and O–H groups in total. The van der Waals surface area contributed by atoms with E-state index in [1.54, 1.807) is 0 Å². The molecule has 0 aliphatic carbocycles. The summed E-state index contributed by atoms with van der Waals surface area (Å²) in [5.74, 6) is -1.05. The van der Waals surface area contributed by atoms with Crippen LogP contribution in [0.1, 0.15) is 25.2 Å². The molecule has 1 aromatic heterocycles. The van der Waals surface area contributed by atoms with E-state index >= 15 is 0 Å². The van der Waals surface area contributed by atoms with E-state index in [1.165, 1.54) is 6.08 Å². The van der Waals surface area contributed by atoms with Crippen molar-refractivity contribution in [3.63, 3.8) is 0 Å². The lowest BCUT2D eigenvalue weighted by atomic mass is 10.2. The Hall–Kier alpha value is -2.51. The summed E-state index contributed by atoms with van der Waals surface area (Å²) >= 11 is 0. The molecule has 21 heavy (non-hydrogen) atoms. The predicted octanol–water partition coefficient (Wildman–Crippen LogP) is 1.10. The number of carboxylic acids is 1. The van der Waals surface area contributed by atoms with Gasteiger partial charge >= 0.3 is 12.0 Å². The van der Waals surface area contributed by atoms with Crippen LogP contribution in [0, 0.1) is 0 Å². The van der Waals surface area contributed by atoms with E-state index in [4.69, 9.17) is 5.11 Å². The molecule has 0 spiro atoms. The normalized spacial score (nSPS) is 10.0. The van der Waals surface area contributed by atoms with Crippen LogP contribution in [0.4, 0.5) is 10.7 Å². The van der Waals surface area contributed by atoms with Gasteiger partial charge in [-0.25, -0.2) is 9.78 Å². The number of aryl methyl sites for hydroxylation is 2. The fourth-order valence-corrected chi connectivity index (χ4v) is 1.70. The van der Waals surface area contributed by atoms with Crippen LogP contribution >= 0.6 is 0 Å². The minimum Gasteiger partial charge on any atom is -0.480 e. The van der Waals surface area contributed by atoms with Crippen LogP contribution in [-0.4, -0.2) is 50.3 Å². The molecule has 0 fully saturated rings. The number of amides is 2. The Bertz CT molecular complexity index is 533. The minimum atomic E-state index is -1.11. The highest BCUT2D eigenvalue weighted by Gasteiger charge is 2.17. The molecule has 1 rings (SSSR count). The number of nitrogens with zero attached hydrogens (tertiary/aromatic N) is 4. The molecule has 114 valence electrons.